The van der Waals surface area contributed by atoms with Crippen molar-refractivity contribution in [1.82, 2.24) is 0 Å². The molecule has 0 amide bonds. The van der Waals surface area contributed by atoms with Crippen molar-refractivity contribution >= 4 is 11.7 Å². The third kappa shape index (κ3) is 3.01. The summed E-state index contributed by atoms with van der Waals surface area (Å²) in [5.41, 5.74) is -0.257. The lowest BCUT2D eigenvalue weighted by Crippen LogP contribution is -2.15. The molecule has 0 fully saturated rings. The summed E-state index contributed by atoms with van der Waals surface area (Å²) in [7, 11) is 1.14. The number of halogens is 2. The van der Waals surface area contributed by atoms with Gasteiger partial charge in [-0.3, -0.25) is 5.41 Å². The molecule has 0 aliphatic rings. The van der Waals surface area contributed by atoms with E-state index in [4.69, 9.17) is 5.41 Å². The molecule has 4 nitrogen and oxygen atoms in total. The summed E-state index contributed by atoms with van der Waals surface area (Å²) in [5, 5.41) is 7.40. The summed E-state index contributed by atoms with van der Waals surface area (Å²) in [6.45, 7) is -2.94. The van der Waals surface area contributed by atoms with E-state index in [0.29, 0.717) is 0 Å². The fourth-order valence-electron chi connectivity index (χ4n) is 1.05. The molecular formula is C10H9F2NO3. The van der Waals surface area contributed by atoms with Crippen molar-refractivity contribution in [3.05, 3.63) is 29.8 Å². The van der Waals surface area contributed by atoms with Crippen molar-refractivity contribution in [2.75, 3.05) is 7.11 Å². The van der Waals surface area contributed by atoms with E-state index in [1.54, 1.807) is 0 Å². The maximum Gasteiger partial charge on any atom is 0.387 e. The average molecular weight is 229 g/mol. The van der Waals surface area contributed by atoms with Gasteiger partial charge in [-0.05, 0) is 12.1 Å². The third-order valence-electron chi connectivity index (χ3n) is 1.74. The second-order valence-electron chi connectivity index (χ2n) is 2.77. The third-order valence-corrected chi connectivity index (χ3v) is 1.74. The largest absolute Gasteiger partial charge is 0.464 e. The standard InChI is InChI=1S/C10H9F2NO3/c1-15-9(14)8(13)6-3-2-4-7(5-6)16-10(11)12/h2-5,10,13H,1H3. The van der Waals surface area contributed by atoms with E-state index < -0.39 is 18.3 Å². The number of methoxy groups -OCH3 is 1. The molecule has 0 unspecified atom stereocenters. The van der Waals surface area contributed by atoms with Crippen LogP contribution in [0.2, 0.25) is 0 Å². The van der Waals surface area contributed by atoms with Gasteiger partial charge in [0.15, 0.2) is 0 Å². The Kier molecular flexibility index (Phi) is 3.93. The molecule has 6 heteroatoms. The first-order valence-corrected chi connectivity index (χ1v) is 4.26. The number of alkyl halides is 2. The van der Waals surface area contributed by atoms with Crippen LogP contribution in [-0.2, 0) is 9.53 Å². The summed E-state index contributed by atoms with van der Waals surface area (Å²) in [5.74, 6) is -0.949. The lowest BCUT2D eigenvalue weighted by Gasteiger charge is -2.06. The first-order chi connectivity index (χ1) is 7.54. The van der Waals surface area contributed by atoms with Crippen LogP contribution in [0.25, 0.3) is 0 Å². The van der Waals surface area contributed by atoms with Crippen molar-refractivity contribution in [1.29, 1.82) is 5.41 Å². The van der Waals surface area contributed by atoms with Crippen LogP contribution in [0, 0.1) is 5.41 Å². The Morgan fingerprint density at radius 1 is 1.44 bits per heavy atom. The molecule has 0 spiro atoms. The Hall–Kier alpha value is -1.98. The van der Waals surface area contributed by atoms with Gasteiger partial charge in [0.05, 0.1) is 7.11 Å². The maximum absolute atomic E-state index is 11.9. The minimum absolute atomic E-state index is 0.110. The zero-order valence-corrected chi connectivity index (χ0v) is 8.37. The first kappa shape index (κ1) is 12.1. The Labute approximate surface area is 90.3 Å². The zero-order valence-electron chi connectivity index (χ0n) is 8.37. The molecule has 1 N–H and O–H groups in total. The highest BCUT2D eigenvalue weighted by Crippen LogP contribution is 2.16. The van der Waals surface area contributed by atoms with Gasteiger partial charge in [-0.1, -0.05) is 12.1 Å². The van der Waals surface area contributed by atoms with Gasteiger partial charge in [0.25, 0.3) is 0 Å². The summed E-state index contributed by atoms with van der Waals surface area (Å²) in [6.07, 6.45) is 0. The highest BCUT2D eigenvalue weighted by molar-refractivity contribution is 6.41. The molecule has 0 saturated carbocycles. The van der Waals surface area contributed by atoms with Gasteiger partial charge < -0.3 is 9.47 Å². The molecule has 0 aliphatic heterocycles. The van der Waals surface area contributed by atoms with E-state index in [1.807, 2.05) is 0 Å². The number of benzene rings is 1. The Balaban J connectivity index is 2.90. The summed E-state index contributed by atoms with van der Waals surface area (Å²) < 4.78 is 32.3. The Bertz CT molecular complexity index is 407. The second kappa shape index (κ2) is 5.20. The topological polar surface area (TPSA) is 59.4 Å². The molecule has 0 heterocycles. The number of rotatable bonds is 4. The van der Waals surface area contributed by atoms with E-state index in [-0.39, 0.29) is 11.3 Å². The van der Waals surface area contributed by atoms with Gasteiger partial charge in [0.1, 0.15) is 11.5 Å². The molecule has 0 atom stereocenters. The SMILES string of the molecule is COC(=O)C(=N)c1cccc(OC(F)F)c1. The number of nitrogens with one attached hydrogen (secondary N) is 1. The van der Waals surface area contributed by atoms with E-state index in [1.165, 1.54) is 24.3 Å². The van der Waals surface area contributed by atoms with Gasteiger partial charge in [-0.25, -0.2) is 4.79 Å². The van der Waals surface area contributed by atoms with E-state index in [2.05, 4.69) is 9.47 Å². The van der Waals surface area contributed by atoms with Crippen LogP contribution in [0.15, 0.2) is 24.3 Å². The molecule has 0 radical (unpaired) electrons. The van der Waals surface area contributed by atoms with Crippen LogP contribution in [-0.4, -0.2) is 25.4 Å². The normalized spacial score (nSPS) is 10.0. The van der Waals surface area contributed by atoms with Crippen molar-refractivity contribution in [3.63, 3.8) is 0 Å². The predicted octanol–water partition coefficient (Wildman–Crippen LogP) is 1.83. The van der Waals surface area contributed by atoms with Crippen LogP contribution in [0.3, 0.4) is 0 Å². The molecule has 0 aromatic heterocycles. The Morgan fingerprint density at radius 2 is 2.12 bits per heavy atom. The fraction of sp³-hybridized carbons (Fsp3) is 0.200. The van der Waals surface area contributed by atoms with Gasteiger partial charge in [-0.2, -0.15) is 8.78 Å². The zero-order chi connectivity index (χ0) is 12.1. The molecular weight excluding hydrogens is 220 g/mol. The van der Waals surface area contributed by atoms with Crippen LogP contribution in [0.5, 0.6) is 5.75 Å². The molecule has 0 bridgehead atoms. The van der Waals surface area contributed by atoms with Gasteiger partial charge >= 0.3 is 12.6 Å². The number of carbonyl (C=O) groups excluding carboxylic acids is 1. The number of carbonyl (C=O) groups is 1. The highest BCUT2D eigenvalue weighted by Gasteiger charge is 2.13. The van der Waals surface area contributed by atoms with Crippen molar-refractivity contribution in [3.8, 4) is 5.75 Å². The van der Waals surface area contributed by atoms with Crippen molar-refractivity contribution < 1.29 is 23.0 Å². The van der Waals surface area contributed by atoms with Crippen molar-refractivity contribution in [2.24, 2.45) is 0 Å². The molecule has 1 aromatic rings. The summed E-state index contributed by atoms with van der Waals surface area (Å²) in [6, 6.07) is 5.31. The quantitative estimate of drug-likeness (QED) is 0.632. The number of hydrogen-bond acceptors (Lipinski definition) is 4. The first-order valence-electron chi connectivity index (χ1n) is 4.26. The van der Waals surface area contributed by atoms with Gasteiger partial charge in [0.2, 0.25) is 0 Å². The smallest absolute Gasteiger partial charge is 0.387 e. The van der Waals surface area contributed by atoms with E-state index in [0.717, 1.165) is 7.11 Å². The number of hydrogen-bond donors (Lipinski definition) is 1. The van der Waals surface area contributed by atoms with Gasteiger partial charge in [0, 0.05) is 5.56 Å². The van der Waals surface area contributed by atoms with Gasteiger partial charge in [-0.15, -0.1) is 0 Å². The molecule has 1 rings (SSSR count). The van der Waals surface area contributed by atoms with Crippen LogP contribution < -0.4 is 4.74 Å². The van der Waals surface area contributed by atoms with E-state index in [9.17, 15) is 13.6 Å². The minimum Gasteiger partial charge on any atom is -0.464 e. The second-order valence-corrected chi connectivity index (χ2v) is 2.77. The lowest BCUT2D eigenvalue weighted by atomic mass is 10.1. The average Bonchev–Trinajstić information content (AvgIpc) is 2.26. The monoisotopic (exact) mass is 229 g/mol. The Morgan fingerprint density at radius 3 is 2.69 bits per heavy atom. The predicted molar refractivity (Wildman–Crippen MR) is 51.9 cm³/mol. The molecule has 16 heavy (non-hydrogen) atoms. The van der Waals surface area contributed by atoms with Crippen LogP contribution in [0.1, 0.15) is 5.56 Å². The maximum atomic E-state index is 11.9. The minimum atomic E-state index is -2.94. The molecule has 0 aliphatic carbocycles. The fourth-order valence-corrected chi connectivity index (χ4v) is 1.05. The number of esters is 1. The van der Waals surface area contributed by atoms with Crippen LogP contribution in [0.4, 0.5) is 8.78 Å². The molecule has 0 saturated heterocycles. The molecule has 86 valence electrons. The molecule has 1 aromatic carbocycles. The summed E-state index contributed by atoms with van der Waals surface area (Å²) in [4.78, 5) is 11.0. The lowest BCUT2D eigenvalue weighted by molar-refractivity contribution is -0.132. The highest BCUT2D eigenvalue weighted by atomic mass is 19.3. The van der Waals surface area contributed by atoms with E-state index >= 15 is 0 Å². The summed E-state index contributed by atoms with van der Waals surface area (Å²) >= 11 is 0. The number of ether oxygens (including phenoxy) is 2. The van der Waals surface area contributed by atoms with Crippen LogP contribution >= 0.6 is 0 Å². The van der Waals surface area contributed by atoms with Crippen molar-refractivity contribution in [2.45, 2.75) is 6.61 Å².